The summed E-state index contributed by atoms with van der Waals surface area (Å²) in [7, 11) is 0. The number of nitrogens with zero attached hydrogens (tertiary/aromatic N) is 2. The Kier molecular flexibility index (Phi) is 7.49. The molecular formula is C18H12BrClF4N2O5. The minimum Gasteiger partial charge on any atom is -0.481 e. The Morgan fingerprint density at radius 2 is 1.87 bits per heavy atom. The van der Waals surface area contributed by atoms with Crippen LogP contribution in [0.5, 0.6) is 5.75 Å². The van der Waals surface area contributed by atoms with Crippen LogP contribution in [-0.4, -0.2) is 38.1 Å². The molecular weight excluding hydrogens is 516 g/mol. The molecule has 1 unspecified atom stereocenters. The number of pyridine rings is 1. The lowest BCUT2D eigenvalue weighted by molar-refractivity contribution is -0.137. The zero-order valence-electron chi connectivity index (χ0n) is 15.1. The van der Waals surface area contributed by atoms with Crippen molar-refractivity contribution in [1.29, 1.82) is 0 Å². The molecule has 0 amide bonds. The third-order valence-electron chi connectivity index (χ3n) is 4.18. The van der Waals surface area contributed by atoms with E-state index in [1.54, 1.807) is 0 Å². The van der Waals surface area contributed by atoms with Crippen LogP contribution in [0.25, 0.3) is 5.65 Å². The Morgan fingerprint density at radius 1 is 1.19 bits per heavy atom. The number of carbonyl (C=O) groups is 2. The van der Waals surface area contributed by atoms with Gasteiger partial charge in [-0.15, -0.1) is 12.4 Å². The number of benzene rings is 1. The summed E-state index contributed by atoms with van der Waals surface area (Å²) in [5.74, 6) is -6.70. The van der Waals surface area contributed by atoms with Crippen molar-refractivity contribution >= 4 is 45.9 Å². The molecule has 0 aliphatic carbocycles. The van der Waals surface area contributed by atoms with E-state index >= 15 is 0 Å². The first-order chi connectivity index (χ1) is 14.1. The first-order valence-electron chi connectivity index (χ1n) is 8.14. The number of aromatic nitrogens is 2. The highest BCUT2D eigenvalue weighted by molar-refractivity contribution is 9.10. The van der Waals surface area contributed by atoms with E-state index in [0.717, 1.165) is 28.8 Å². The second-order valence-electron chi connectivity index (χ2n) is 6.06. The van der Waals surface area contributed by atoms with Crippen LogP contribution >= 0.6 is 28.3 Å². The Balaban J connectivity index is 0.00000341. The van der Waals surface area contributed by atoms with Gasteiger partial charge in [0.15, 0.2) is 5.69 Å². The van der Waals surface area contributed by atoms with Gasteiger partial charge >= 0.3 is 18.6 Å². The molecule has 0 saturated carbocycles. The van der Waals surface area contributed by atoms with Gasteiger partial charge in [0.25, 0.3) is 0 Å². The highest BCUT2D eigenvalue weighted by Gasteiger charge is 2.32. The summed E-state index contributed by atoms with van der Waals surface area (Å²) < 4.78 is 58.6. The van der Waals surface area contributed by atoms with E-state index in [0.29, 0.717) is 6.07 Å². The second kappa shape index (κ2) is 9.52. The van der Waals surface area contributed by atoms with Crippen molar-refractivity contribution in [1.82, 2.24) is 9.38 Å². The molecule has 2 aromatic heterocycles. The highest BCUT2D eigenvalue weighted by Crippen LogP contribution is 2.38. The normalized spacial score (nSPS) is 11.9. The van der Waals surface area contributed by atoms with Crippen LogP contribution in [0.15, 0.2) is 34.9 Å². The summed E-state index contributed by atoms with van der Waals surface area (Å²) >= 11 is 2.95. The van der Waals surface area contributed by atoms with Crippen molar-refractivity contribution in [2.75, 3.05) is 0 Å². The molecule has 31 heavy (non-hydrogen) atoms. The standard InChI is InChI=1S/C18H11BrF4N2O5.ClH/c19-10-6-25-13(5-11(10)21)24-15(17(28)29)16(25)9(4-14(26)27)8-2-1-7(20)3-12(8)30-18(22)23;/h1-3,5-6,9,18H,4H2,(H,26,27)(H,28,29);1H. The summed E-state index contributed by atoms with van der Waals surface area (Å²) in [4.78, 5) is 27.1. The number of aromatic carboxylic acids is 1. The smallest absolute Gasteiger partial charge is 0.387 e. The lowest BCUT2D eigenvalue weighted by Gasteiger charge is -2.20. The maximum atomic E-state index is 13.9. The second-order valence-corrected chi connectivity index (χ2v) is 6.91. The minimum atomic E-state index is -3.35. The van der Waals surface area contributed by atoms with E-state index in [1.165, 1.54) is 0 Å². The predicted molar refractivity (Wildman–Crippen MR) is 104 cm³/mol. The third kappa shape index (κ3) is 5.07. The van der Waals surface area contributed by atoms with E-state index in [-0.39, 0.29) is 33.8 Å². The molecule has 0 aliphatic rings. The summed E-state index contributed by atoms with van der Waals surface area (Å²) in [6.07, 6.45) is 0.361. The molecule has 7 nitrogen and oxygen atoms in total. The van der Waals surface area contributed by atoms with Crippen molar-refractivity contribution in [3.05, 3.63) is 63.5 Å². The van der Waals surface area contributed by atoms with Gasteiger partial charge < -0.3 is 19.4 Å². The van der Waals surface area contributed by atoms with E-state index in [1.807, 2.05) is 0 Å². The number of hydrogen-bond acceptors (Lipinski definition) is 4. The van der Waals surface area contributed by atoms with Gasteiger partial charge in [0.1, 0.15) is 23.0 Å². The van der Waals surface area contributed by atoms with Crippen LogP contribution in [-0.2, 0) is 4.79 Å². The van der Waals surface area contributed by atoms with E-state index in [4.69, 9.17) is 0 Å². The Labute approximate surface area is 185 Å². The number of carboxylic acid groups (broad SMARTS) is 2. The van der Waals surface area contributed by atoms with Crippen LogP contribution in [0, 0.1) is 11.6 Å². The van der Waals surface area contributed by atoms with Crippen LogP contribution < -0.4 is 4.74 Å². The number of hydrogen-bond donors (Lipinski definition) is 2. The molecule has 1 aromatic carbocycles. The average Bonchev–Trinajstić information content (AvgIpc) is 2.98. The van der Waals surface area contributed by atoms with Gasteiger partial charge in [0.2, 0.25) is 0 Å². The number of rotatable bonds is 7. The van der Waals surface area contributed by atoms with E-state index < -0.39 is 54.0 Å². The van der Waals surface area contributed by atoms with Gasteiger partial charge in [-0.05, 0) is 22.0 Å². The van der Waals surface area contributed by atoms with Crippen LogP contribution in [0.2, 0.25) is 0 Å². The zero-order chi connectivity index (χ0) is 22.2. The fraction of sp³-hybridized carbons (Fsp3) is 0.167. The fourth-order valence-corrected chi connectivity index (χ4v) is 3.39. The monoisotopic (exact) mass is 526 g/mol. The Bertz CT molecular complexity index is 1160. The van der Waals surface area contributed by atoms with Crippen molar-refractivity contribution in [2.24, 2.45) is 0 Å². The minimum absolute atomic E-state index is 0. The quantitative estimate of drug-likeness (QED) is 0.432. The van der Waals surface area contributed by atoms with Gasteiger partial charge in [-0.2, -0.15) is 8.78 Å². The van der Waals surface area contributed by atoms with Crippen molar-refractivity contribution in [2.45, 2.75) is 19.0 Å². The first-order valence-corrected chi connectivity index (χ1v) is 8.94. The van der Waals surface area contributed by atoms with Crippen molar-refractivity contribution in [3.63, 3.8) is 0 Å². The molecule has 0 fully saturated rings. The highest BCUT2D eigenvalue weighted by atomic mass is 79.9. The number of imidazole rings is 1. The maximum absolute atomic E-state index is 13.9. The van der Waals surface area contributed by atoms with Gasteiger partial charge in [-0.25, -0.2) is 18.6 Å². The molecule has 1 atom stereocenters. The molecule has 0 radical (unpaired) electrons. The number of aliphatic carboxylic acids is 1. The van der Waals surface area contributed by atoms with Crippen molar-refractivity contribution in [3.8, 4) is 5.75 Å². The molecule has 166 valence electrons. The van der Waals surface area contributed by atoms with E-state index in [9.17, 15) is 37.4 Å². The SMILES string of the molecule is Cl.O=C(O)CC(c1ccc(F)cc1OC(F)F)c1c(C(=O)O)nc2cc(F)c(Br)cn12. The molecule has 0 spiro atoms. The lowest BCUT2D eigenvalue weighted by Crippen LogP contribution is -2.16. The molecule has 3 rings (SSSR count). The summed E-state index contributed by atoms with van der Waals surface area (Å²) in [5.41, 5.74) is -1.21. The van der Waals surface area contributed by atoms with Gasteiger partial charge in [-0.1, -0.05) is 6.07 Å². The Morgan fingerprint density at radius 3 is 2.45 bits per heavy atom. The molecule has 0 saturated heterocycles. The lowest BCUT2D eigenvalue weighted by atomic mass is 9.90. The molecule has 2 heterocycles. The van der Waals surface area contributed by atoms with Gasteiger partial charge in [0.05, 0.1) is 16.6 Å². The number of ether oxygens (including phenoxy) is 1. The maximum Gasteiger partial charge on any atom is 0.387 e. The van der Waals surface area contributed by atoms with E-state index in [2.05, 4.69) is 25.7 Å². The number of carboxylic acids is 2. The summed E-state index contributed by atoms with van der Waals surface area (Å²) in [5, 5.41) is 18.9. The van der Waals surface area contributed by atoms with Crippen LogP contribution in [0.4, 0.5) is 17.6 Å². The average molecular weight is 528 g/mol. The molecule has 13 heteroatoms. The first kappa shape index (κ1) is 24.4. The predicted octanol–water partition coefficient (Wildman–Crippen LogP) is 4.70. The van der Waals surface area contributed by atoms with Crippen LogP contribution in [0.3, 0.4) is 0 Å². The Hall–Kier alpha value is -2.86. The van der Waals surface area contributed by atoms with Gasteiger partial charge in [-0.3, -0.25) is 4.79 Å². The summed E-state index contributed by atoms with van der Waals surface area (Å²) in [6, 6.07) is 3.46. The van der Waals surface area contributed by atoms with Crippen molar-refractivity contribution < 1.29 is 42.1 Å². The topological polar surface area (TPSA) is 101 Å². The van der Waals surface area contributed by atoms with Crippen LogP contribution in [0.1, 0.15) is 34.1 Å². The number of fused-ring (bicyclic) bond motifs is 1. The molecule has 0 aliphatic heterocycles. The number of alkyl halides is 2. The molecule has 2 N–H and O–H groups in total. The largest absolute Gasteiger partial charge is 0.481 e. The summed E-state index contributed by atoms with van der Waals surface area (Å²) in [6.45, 7) is -3.35. The fourth-order valence-electron chi connectivity index (χ4n) is 3.07. The number of halogens is 6. The third-order valence-corrected chi connectivity index (χ3v) is 4.76. The molecule has 0 bridgehead atoms. The molecule has 3 aromatic rings. The van der Waals surface area contributed by atoms with Gasteiger partial charge in [0, 0.05) is 29.8 Å². The zero-order valence-corrected chi connectivity index (χ0v) is 17.5.